The highest BCUT2D eigenvalue weighted by atomic mass is 32.2. The first kappa shape index (κ1) is 16.1. The highest BCUT2D eigenvalue weighted by Crippen LogP contribution is 2.28. The van der Waals surface area contributed by atoms with Crippen LogP contribution in [0.3, 0.4) is 0 Å². The summed E-state index contributed by atoms with van der Waals surface area (Å²) in [6.45, 7) is 4.14. The molecule has 0 atom stereocenters. The number of nitrogens with zero attached hydrogens (tertiary/aromatic N) is 3. The number of nitrogens with one attached hydrogen (secondary N) is 1. The van der Waals surface area contributed by atoms with E-state index in [1.165, 1.54) is 24.6 Å². The monoisotopic (exact) mass is 334 g/mol. The van der Waals surface area contributed by atoms with Crippen LogP contribution >= 0.6 is 11.8 Å². The van der Waals surface area contributed by atoms with E-state index in [2.05, 4.69) is 29.4 Å². The molecule has 1 amide bonds. The zero-order valence-electron chi connectivity index (χ0n) is 13.5. The van der Waals surface area contributed by atoms with Crippen molar-refractivity contribution in [2.45, 2.75) is 56.8 Å². The summed E-state index contributed by atoms with van der Waals surface area (Å²) in [7, 11) is 0. The molecule has 0 bridgehead atoms. The first-order chi connectivity index (χ1) is 11.1. The maximum Gasteiger partial charge on any atom is 0.230 e. The van der Waals surface area contributed by atoms with Gasteiger partial charge in [0.15, 0.2) is 10.9 Å². The van der Waals surface area contributed by atoms with E-state index >= 15 is 0 Å². The fourth-order valence-corrected chi connectivity index (χ4v) is 3.76. The van der Waals surface area contributed by atoms with Gasteiger partial charge in [0.2, 0.25) is 11.7 Å². The molecule has 0 aliphatic heterocycles. The van der Waals surface area contributed by atoms with Gasteiger partial charge in [0.25, 0.3) is 0 Å². The van der Waals surface area contributed by atoms with Crippen LogP contribution in [0.2, 0.25) is 0 Å². The first-order valence-corrected chi connectivity index (χ1v) is 9.04. The average molecular weight is 334 g/mol. The Morgan fingerprint density at radius 1 is 1.43 bits per heavy atom. The first-order valence-electron chi connectivity index (χ1n) is 8.06. The molecule has 3 rings (SSSR count). The summed E-state index contributed by atoms with van der Waals surface area (Å²) in [5.41, 5.74) is 0. The Labute approximate surface area is 140 Å². The normalized spacial score (nSPS) is 15.4. The maximum absolute atomic E-state index is 12.1. The molecule has 124 valence electrons. The molecule has 0 spiro atoms. The molecular formula is C16H22N4O2S. The van der Waals surface area contributed by atoms with Crippen LogP contribution < -0.4 is 5.32 Å². The van der Waals surface area contributed by atoms with E-state index in [0.717, 1.165) is 18.0 Å². The fraction of sp³-hybridized carbons (Fsp3) is 0.562. The Bertz CT molecular complexity index is 645. The van der Waals surface area contributed by atoms with Gasteiger partial charge in [-0.2, -0.15) is 0 Å². The summed E-state index contributed by atoms with van der Waals surface area (Å²) < 4.78 is 7.43. The van der Waals surface area contributed by atoms with E-state index in [1.54, 1.807) is 6.26 Å². The van der Waals surface area contributed by atoms with Crippen molar-refractivity contribution in [3.8, 4) is 11.6 Å². The molecule has 7 heteroatoms. The Hall–Kier alpha value is -1.76. The molecule has 0 aromatic carbocycles. The lowest BCUT2D eigenvalue weighted by molar-refractivity contribution is -0.119. The van der Waals surface area contributed by atoms with Gasteiger partial charge in [0.1, 0.15) is 0 Å². The van der Waals surface area contributed by atoms with Gasteiger partial charge in [0.05, 0.1) is 12.0 Å². The second-order valence-electron chi connectivity index (χ2n) is 6.08. The average Bonchev–Trinajstić information content (AvgIpc) is 3.25. The smallest absolute Gasteiger partial charge is 0.230 e. The minimum Gasteiger partial charge on any atom is -0.461 e. The van der Waals surface area contributed by atoms with Gasteiger partial charge in [-0.1, -0.05) is 24.6 Å². The molecule has 1 fully saturated rings. The third-order valence-corrected chi connectivity index (χ3v) is 4.92. The third kappa shape index (κ3) is 3.77. The van der Waals surface area contributed by atoms with Crippen LogP contribution in [0.4, 0.5) is 0 Å². The molecule has 1 N–H and O–H groups in total. The predicted octanol–water partition coefficient (Wildman–Crippen LogP) is 3.27. The lowest BCUT2D eigenvalue weighted by atomic mass is 10.2. The molecule has 23 heavy (non-hydrogen) atoms. The Morgan fingerprint density at radius 2 is 2.22 bits per heavy atom. The van der Waals surface area contributed by atoms with Crippen molar-refractivity contribution in [2.75, 3.05) is 5.75 Å². The largest absolute Gasteiger partial charge is 0.461 e. The van der Waals surface area contributed by atoms with E-state index in [1.807, 2.05) is 16.7 Å². The van der Waals surface area contributed by atoms with Crippen molar-refractivity contribution in [1.29, 1.82) is 0 Å². The highest BCUT2D eigenvalue weighted by Gasteiger charge is 2.21. The summed E-state index contributed by atoms with van der Waals surface area (Å²) in [5, 5.41) is 12.3. The van der Waals surface area contributed by atoms with Gasteiger partial charge >= 0.3 is 0 Å². The molecule has 2 aromatic rings. The van der Waals surface area contributed by atoms with E-state index in [0.29, 0.717) is 23.4 Å². The number of hydrogen-bond acceptors (Lipinski definition) is 5. The van der Waals surface area contributed by atoms with Gasteiger partial charge in [-0.3, -0.25) is 9.36 Å². The summed E-state index contributed by atoms with van der Waals surface area (Å²) in [6, 6.07) is 4.23. The van der Waals surface area contributed by atoms with E-state index < -0.39 is 0 Å². The maximum atomic E-state index is 12.1. The number of rotatable bonds is 6. The standard InChI is InChI=1S/C16H22N4O2S/c1-11(2)20-15(13-8-5-9-22-13)18-19-16(20)23-10-14(21)17-12-6-3-4-7-12/h5,8-9,11-12H,3-4,6-7,10H2,1-2H3,(H,17,21). The van der Waals surface area contributed by atoms with Crippen LogP contribution in [0, 0.1) is 0 Å². The van der Waals surface area contributed by atoms with Crippen LogP contribution in [0.25, 0.3) is 11.6 Å². The van der Waals surface area contributed by atoms with E-state index in [9.17, 15) is 4.79 Å². The number of thioether (sulfide) groups is 1. The Balaban J connectivity index is 1.66. The zero-order valence-corrected chi connectivity index (χ0v) is 14.3. The topological polar surface area (TPSA) is 73.0 Å². The molecule has 0 radical (unpaired) electrons. The van der Waals surface area contributed by atoms with Crippen molar-refractivity contribution < 1.29 is 9.21 Å². The van der Waals surface area contributed by atoms with Crippen molar-refractivity contribution in [1.82, 2.24) is 20.1 Å². The molecule has 0 unspecified atom stereocenters. The highest BCUT2D eigenvalue weighted by molar-refractivity contribution is 7.99. The minimum atomic E-state index is 0.0692. The Kier molecular flexibility index (Phi) is 5.05. The number of amides is 1. The van der Waals surface area contributed by atoms with Gasteiger partial charge in [-0.15, -0.1) is 10.2 Å². The van der Waals surface area contributed by atoms with E-state index in [4.69, 9.17) is 4.42 Å². The fourth-order valence-electron chi connectivity index (χ4n) is 2.88. The number of aromatic nitrogens is 3. The zero-order chi connectivity index (χ0) is 16.2. The number of furan rings is 1. The molecule has 2 heterocycles. The summed E-state index contributed by atoms with van der Waals surface area (Å²) in [4.78, 5) is 12.1. The summed E-state index contributed by atoms with van der Waals surface area (Å²) in [6.07, 6.45) is 6.25. The van der Waals surface area contributed by atoms with Crippen molar-refractivity contribution in [3.63, 3.8) is 0 Å². The van der Waals surface area contributed by atoms with Gasteiger partial charge in [0, 0.05) is 12.1 Å². The summed E-state index contributed by atoms with van der Waals surface area (Å²) >= 11 is 1.42. The quantitative estimate of drug-likeness (QED) is 0.821. The molecule has 2 aromatic heterocycles. The van der Waals surface area contributed by atoms with Crippen molar-refractivity contribution in [3.05, 3.63) is 18.4 Å². The lowest BCUT2D eigenvalue weighted by Gasteiger charge is -2.14. The Morgan fingerprint density at radius 3 is 2.87 bits per heavy atom. The van der Waals surface area contributed by atoms with Crippen molar-refractivity contribution in [2.24, 2.45) is 0 Å². The second-order valence-corrected chi connectivity index (χ2v) is 7.03. The number of carbonyl (C=O) groups is 1. The van der Waals surface area contributed by atoms with Gasteiger partial charge < -0.3 is 9.73 Å². The van der Waals surface area contributed by atoms with Gasteiger partial charge in [-0.25, -0.2) is 0 Å². The minimum absolute atomic E-state index is 0.0692. The molecule has 1 aliphatic rings. The number of hydrogen-bond donors (Lipinski definition) is 1. The predicted molar refractivity (Wildman–Crippen MR) is 89.2 cm³/mol. The van der Waals surface area contributed by atoms with Crippen LogP contribution in [-0.4, -0.2) is 32.5 Å². The molecule has 1 aliphatic carbocycles. The molecule has 0 saturated heterocycles. The van der Waals surface area contributed by atoms with Gasteiger partial charge in [-0.05, 0) is 38.8 Å². The molecular weight excluding hydrogens is 312 g/mol. The van der Waals surface area contributed by atoms with E-state index in [-0.39, 0.29) is 11.9 Å². The summed E-state index contributed by atoms with van der Waals surface area (Å²) in [5.74, 6) is 1.82. The SMILES string of the molecule is CC(C)n1c(SCC(=O)NC2CCCC2)nnc1-c1ccco1. The van der Waals surface area contributed by atoms with Crippen LogP contribution in [-0.2, 0) is 4.79 Å². The lowest BCUT2D eigenvalue weighted by Crippen LogP contribution is -2.33. The molecule has 1 saturated carbocycles. The van der Waals surface area contributed by atoms with Crippen LogP contribution in [0.5, 0.6) is 0 Å². The second kappa shape index (κ2) is 7.21. The molecule has 6 nitrogen and oxygen atoms in total. The number of carbonyl (C=O) groups excluding carboxylic acids is 1. The third-order valence-electron chi connectivity index (χ3n) is 3.98. The van der Waals surface area contributed by atoms with Crippen molar-refractivity contribution >= 4 is 17.7 Å². The van der Waals surface area contributed by atoms with Crippen LogP contribution in [0.15, 0.2) is 28.0 Å². The van der Waals surface area contributed by atoms with Crippen LogP contribution in [0.1, 0.15) is 45.6 Å².